The van der Waals surface area contributed by atoms with Crippen LogP contribution in [0.1, 0.15) is 55.2 Å². The third-order valence-corrected chi connectivity index (χ3v) is 5.90. The maximum atomic E-state index is 12.4. The highest BCUT2D eigenvalue weighted by atomic mass is 32.2. The van der Waals surface area contributed by atoms with Crippen molar-refractivity contribution in [3.63, 3.8) is 0 Å². The molecule has 3 nitrogen and oxygen atoms in total. The third-order valence-electron chi connectivity index (χ3n) is 4.58. The van der Waals surface area contributed by atoms with Crippen LogP contribution in [-0.2, 0) is 14.3 Å². The minimum absolute atomic E-state index is 0.177. The van der Waals surface area contributed by atoms with Gasteiger partial charge < -0.3 is 0 Å². The van der Waals surface area contributed by atoms with Crippen molar-refractivity contribution in [1.29, 1.82) is 0 Å². The summed E-state index contributed by atoms with van der Waals surface area (Å²) in [5.41, 5.74) is 3.34. The lowest BCUT2D eigenvalue weighted by atomic mass is 9.88. The Morgan fingerprint density at radius 2 is 1.77 bits per heavy atom. The van der Waals surface area contributed by atoms with Gasteiger partial charge in [-0.1, -0.05) is 74.4 Å². The van der Waals surface area contributed by atoms with Crippen LogP contribution in [-0.4, -0.2) is 15.0 Å². The molecule has 2 aromatic carbocycles. The molecule has 0 aliphatic carbocycles. The average Bonchev–Trinajstić information content (AvgIpc) is 2.64. The van der Waals surface area contributed by atoms with Gasteiger partial charge in [0.2, 0.25) is 0 Å². The molecular formula is C22H28O3S. The van der Waals surface area contributed by atoms with Crippen molar-refractivity contribution in [2.75, 3.05) is 6.61 Å². The Morgan fingerprint density at radius 3 is 2.42 bits per heavy atom. The molecule has 0 saturated heterocycles. The number of hydrogen-bond acceptors (Lipinski definition) is 3. The van der Waals surface area contributed by atoms with Crippen molar-refractivity contribution < 1.29 is 12.6 Å². The molecule has 0 aliphatic heterocycles. The van der Waals surface area contributed by atoms with E-state index >= 15 is 0 Å². The molecule has 140 valence electrons. The fourth-order valence-corrected chi connectivity index (χ4v) is 3.97. The summed E-state index contributed by atoms with van der Waals surface area (Å²) in [5, 5.41) is 0. The summed E-state index contributed by atoms with van der Waals surface area (Å²) >= 11 is 0. The topological polar surface area (TPSA) is 43.4 Å². The first-order chi connectivity index (χ1) is 12.5. The molecule has 0 fully saturated rings. The van der Waals surface area contributed by atoms with Gasteiger partial charge in [0.15, 0.2) is 0 Å². The van der Waals surface area contributed by atoms with E-state index in [0.29, 0.717) is 6.42 Å². The van der Waals surface area contributed by atoms with E-state index < -0.39 is 10.1 Å². The van der Waals surface area contributed by atoms with Crippen molar-refractivity contribution in [3.05, 3.63) is 71.8 Å². The van der Waals surface area contributed by atoms with E-state index in [1.807, 2.05) is 31.2 Å². The van der Waals surface area contributed by atoms with Crippen LogP contribution < -0.4 is 0 Å². The summed E-state index contributed by atoms with van der Waals surface area (Å²) in [7, 11) is -3.71. The number of hydrogen-bond donors (Lipinski definition) is 0. The standard InChI is InChI=1S/C22H28O3S/c1-4-6-9-20(22-11-8-7-10-19(22)5-2)16-17-25-26(23,24)21-14-12-18(3)13-15-21/h5,7-8,10-15,20H,2,4,6,9,16-17H2,1,3H3. The van der Waals surface area contributed by atoms with Crippen molar-refractivity contribution >= 4 is 16.2 Å². The van der Waals surface area contributed by atoms with Gasteiger partial charge in [0.05, 0.1) is 11.5 Å². The van der Waals surface area contributed by atoms with Gasteiger partial charge in [-0.05, 0) is 48.9 Å². The smallest absolute Gasteiger partial charge is 0.266 e. The first kappa shape index (κ1) is 20.4. The fraction of sp³-hybridized carbons (Fsp3) is 0.364. The quantitative estimate of drug-likeness (QED) is 0.502. The zero-order valence-corrected chi connectivity index (χ0v) is 16.5. The molecule has 1 unspecified atom stereocenters. The molecule has 26 heavy (non-hydrogen) atoms. The second-order valence-electron chi connectivity index (χ2n) is 6.55. The third kappa shape index (κ3) is 5.55. The normalized spacial score (nSPS) is 12.7. The largest absolute Gasteiger partial charge is 0.296 e. The molecule has 1 atom stereocenters. The summed E-state index contributed by atoms with van der Waals surface area (Å²) < 4.78 is 30.0. The lowest BCUT2D eigenvalue weighted by Gasteiger charge is -2.19. The van der Waals surface area contributed by atoms with Crippen LogP contribution in [0.15, 0.2) is 60.0 Å². The minimum atomic E-state index is -3.71. The van der Waals surface area contributed by atoms with Gasteiger partial charge in [0, 0.05) is 0 Å². The molecule has 0 radical (unpaired) electrons. The van der Waals surface area contributed by atoms with Crippen LogP contribution in [0, 0.1) is 6.92 Å². The van der Waals surface area contributed by atoms with Crippen molar-refractivity contribution in [3.8, 4) is 0 Å². The van der Waals surface area contributed by atoms with E-state index in [4.69, 9.17) is 4.18 Å². The lowest BCUT2D eigenvalue weighted by molar-refractivity contribution is 0.296. The van der Waals surface area contributed by atoms with Crippen LogP contribution in [0.25, 0.3) is 6.08 Å². The van der Waals surface area contributed by atoms with E-state index in [-0.39, 0.29) is 17.4 Å². The van der Waals surface area contributed by atoms with Gasteiger partial charge in [0.1, 0.15) is 0 Å². The second kappa shape index (κ2) is 9.70. The van der Waals surface area contributed by atoms with Crippen molar-refractivity contribution in [2.45, 2.75) is 50.3 Å². The maximum absolute atomic E-state index is 12.4. The average molecular weight is 373 g/mol. The number of benzene rings is 2. The van der Waals surface area contributed by atoms with E-state index in [1.54, 1.807) is 24.3 Å². The zero-order chi connectivity index (χ0) is 19.0. The second-order valence-corrected chi connectivity index (χ2v) is 8.17. The van der Waals surface area contributed by atoms with Gasteiger partial charge in [-0.15, -0.1) is 0 Å². The Bertz CT molecular complexity index is 808. The number of unbranched alkanes of at least 4 members (excludes halogenated alkanes) is 1. The predicted octanol–water partition coefficient (Wildman–Crippen LogP) is 5.71. The van der Waals surface area contributed by atoms with Gasteiger partial charge in [-0.2, -0.15) is 8.42 Å². The maximum Gasteiger partial charge on any atom is 0.296 e. The predicted molar refractivity (Wildman–Crippen MR) is 108 cm³/mol. The Hall–Kier alpha value is -1.91. The van der Waals surface area contributed by atoms with Crippen molar-refractivity contribution in [1.82, 2.24) is 0 Å². The number of rotatable bonds is 10. The molecule has 0 bridgehead atoms. The minimum Gasteiger partial charge on any atom is -0.266 e. The Labute approximate surface area is 157 Å². The lowest BCUT2D eigenvalue weighted by Crippen LogP contribution is -2.11. The molecule has 0 N–H and O–H groups in total. The summed E-state index contributed by atoms with van der Waals surface area (Å²) in [5.74, 6) is 0.261. The molecule has 4 heteroatoms. The molecule has 0 saturated carbocycles. The summed E-state index contributed by atoms with van der Waals surface area (Å²) in [6.45, 7) is 8.15. The van der Waals surface area contributed by atoms with E-state index in [9.17, 15) is 8.42 Å². The first-order valence-corrected chi connectivity index (χ1v) is 10.6. The summed E-state index contributed by atoms with van der Waals surface area (Å²) in [6.07, 6.45) is 5.74. The van der Waals surface area contributed by atoms with Gasteiger partial charge in [-0.3, -0.25) is 4.18 Å². The summed E-state index contributed by atoms with van der Waals surface area (Å²) in [4.78, 5) is 0.208. The Morgan fingerprint density at radius 1 is 1.08 bits per heavy atom. The molecule has 0 amide bonds. The molecule has 0 spiro atoms. The molecule has 2 rings (SSSR count). The van der Waals surface area contributed by atoms with Crippen LogP contribution in [0.5, 0.6) is 0 Å². The van der Waals surface area contributed by atoms with Gasteiger partial charge in [0.25, 0.3) is 10.1 Å². The Balaban J connectivity index is 2.07. The van der Waals surface area contributed by atoms with Crippen LogP contribution in [0.4, 0.5) is 0 Å². The highest BCUT2D eigenvalue weighted by Gasteiger charge is 2.18. The van der Waals surface area contributed by atoms with Crippen molar-refractivity contribution in [2.24, 2.45) is 0 Å². The van der Waals surface area contributed by atoms with E-state index in [1.165, 1.54) is 5.56 Å². The van der Waals surface area contributed by atoms with Gasteiger partial charge >= 0.3 is 0 Å². The Kier molecular flexibility index (Phi) is 7.61. The van der Waals surface area contributed by atoms with E-state index in [2.05, 4.69) is 19.6 Å². The highest BCUT2D eigenvalue weighted by Crippen LogP contribution is 2.29. The van der Waals surface area contributed by atoms with E-state index in [0.717, 1.165) is 30.4 Å². The molecule has 0 heterocycles. The molecule has 0 aliphatic rings. The summed E-state index contributed by atoms with van der Waals surface area (Å²) in [6, 6.07) is 14.9. The fourth-order valence-electron chi connectivity index (χ4n) is 3.05. The zero-order valence-electron chi connectivity index (χ0n) is 15.6. The number of aryl methyl sites for hydroxylation is 1. The molecule has 2 aromatic rings. The highest BCUT2D eigenvalue weighted by molar-refractivity contribution is 7.86. The molecule has 0 aromatic heterocycles. The SMILES string of the molecule is C=Cc1ccccc1C(CCCC)CCOS(=O)(=O)c1ccc(C)cc1. The first-order valence-electron chi connectivity index (χ1n) is 9.15. The van der Waals surface area contributed by atoms with Crippen LogP contribution in [0.3, 0.4) is 0 Å². The van der Waals surface area contributed by atoms with Crippen LogP contribution >= 0.6 is 0 Å². The monoisotopic (exact) mass is 372 g/mol. The molecular weight excluding hydrogens is 344 g/mol. The van der Waals surface area contributed by atoms with Crippen LogP contribution in [0.2, 0.25) is 0 Å². The van der Waals surface area contributed by atoms with Gasteiger partial charge in [-0.25, -0.2) is 0 Å².